The van der Waals surface area contributed by atoms with Crippen LogP contribution >= 0.6 is 15.9 Å². The van der Waals surface area contributed by atoms with Crippen LogP contribution < -0.4 is 4.90 Å². The van der Waals surface area contributed by atoms with E-state index in [4.69, 9.17) is 0 Å². The monoisotopic (exact) mass is 490 g/mol. The Bertz CT molecular complexity index is 1020. The van der Waals surface area contributed by atoms with Gasteiger partial charge in [0.15, 0.2) is 0 Å². The standard InChI is InChI=1S/C23H27BrN2O3S/c1-17-14-18-15-19(24)12-13-22(18)26(17)23(27)16-25(20-8-4-2-5-9-20)30(28,29)21-10-6-3-7-11-21/h3,6-7,10-13,15,17,20H,2,4-5,8-9,14,16H2,1H3. The molecule has 0 spiro atoms. The minimum absolute atomic E-state index is 0.00874. The number of amides is 1. The van der Waals surface area contributed by atoms with Crippen LogP contribution in [0.3, 0.4) is 0 Å². The molecule has 1 amide bonds. The first kappa shape index (κ1) is 21.5. The van der Waals surface area contributed by atoms with E-state index < -0.39 is 10.0 Å². The molecule has 1 heterocycles. The van der Waals surface area contributed by atoms with E-state index in [1.54, 1.807) is 35.2 Å². The van der Waals surface area contributed by atoms with Crippen LogP contribution in [0.15, 0.2) is 57.9 Å². The normalized spacial score (nSPS) is 19.8. The van der Waals surface area contributed by atoms with E-state index in [2.05, 4.69) is 15.9 Å². The minimum atomic E-state index is -3.75. The van der Waals surface area contributed by atoms with Crippen molar-refractivity contribution in [2.24, 2.45) is 0 Å². The van der Waals surface area contributed by atoms with Gasteiger partial charge in [-0.05, 0) is 62.1 Å². The summed E-state index contributed by atoms with van der Waals surface area (Å²) in [7, 11) is -3.75. The maximum absolute atomic E-state index is 13.5. The van der Waals surface area contributed by atoms with Gasteiger partial charge in [-0.3, -0.25) is 4.79 Å². The summed E-state index contributed by atoms with van der Waals surface area (Å²) in [6.45, 7) is 1.89. The van der Waals surface area contributed by atoms with E-state index in [1.807, 2.05) is 25.1 Å². The lowest BCUT2D eigenvalue weighted by Crippen LogP contribution is -2.49. The summed E-state index contributed by atoms with van der Waals surface area (Å²) >= 11 is 3.50. The summed E-state index contributed by atoms with van der Waals surface area (Å²) in [6.07, 6.45) is 5.49. The zero-order chi connectivity index (χ0) is 21.3. The van der Waals surface area contributed by atoms with Crippen molar-refractivity contribution in [3.63, 3.8) is 0 Å². The Morgan fingerprint density at radius 2 is 1.80 bits per heavy atom. The molecule has 2 aromatic carbocycles. The number of rotatable bonds is 5. The molecular weight excluding hydrogens is 464 g/mol. The largest absolute Gasteiger partial charge is 0.308 e. The molecule has 4 rings (SSSR count). The van der Waals surface area contributed by atoms with Gasteiger partial charge in [0, 0.05) is 22.2 Å². The zero-order valence-corrected chi connectivity index (χ0v) is 19.5. The Labute approximate surface area is 187 Å². The number of hydrogen-bond donors (Lipinski definition) is 0. The SMILES string of the molecule is CC1Cc2cc(Br)ccc2N1C(=O)CN(C1CCCCC1)S(=O)(=O)c1ccccc1. The molecular formula is C23H27BrN2O3S. The maximum atomic E-state index is 13.5. The second-order valence-corrected chi connectivity index (χ2v) is 11.1. The molecule has 2 aliphatic rings. The molecule has 1 fully saturated rings. The number of benzene rings is 2. The van der Waals surface area contributed by atoms with E-state index in [1.165, 1.54) is 4.31 Å². The average Bonchev–Trinajstić information content (AvgIpc) is 3.07. The maximum Gasteiger partial charge on any atom is 0.243 e. The topological polar surface area (TPSA) is 57.7 Å². The van der Waals surface area contributed by atoms with Crippen LogP contribution in [0.5, 0.6) is 0 Å². The predicted molar refractivity (Wildman–Crippen MR) is 122 cm³/mol. The van der Waals surface area contributed by atoms with Crippen molar-refractivity contribution in [2.75, 3.05) is 11.4 Å². The average molecular weight is 491 g/mol. The van der Waals surface area contributed by atoms with Crippen molar-refractivity contribution >= 4 is 37.5 Å². The molecule has 1 atom stereocenters. The van der Waals surface area contributed by atoms with Crippen molar-refractivity contribution in [1.82, 2.24) is 4.31 Å². The number of hydrogen-bond acceptors (Lipinski definition) is 3. The van der Waals surface area contributed by atoms with Crippen molar-refractivity contribution in [3.8, 4) is 0 Å². The molecule has 0 N–H and O–H groups in total. The second kappa shape index (κ2) is 8.81. The molecule has 5 nitrogen and oxygen atoms in total. The highest BCUT2D eigenvalue weighted by molar-refractivity contribution is 9.10. The second-order valence-electron chi connectivity index (χ2n) is 8.25. The Balaban J connectivity index is 1.65. The fraction of sp³-hybridized carbons (Fsp3) is 0.435. The fourth-order valence-corrected chi connectivity index (χ4v) is 6.76. The van der Waals surface area contributed by atoms with E-state index in [0.29, 0.717) is 0 Å². The highest BCUT2D eigenvalue weighted by Gasteiger charge is 2.38. The Morgan fingerprint density at radius 3 is 2.50 bits per heavy atom. The molecule has 1 aliphatic heterocycles. The fourth-order valence-electron chi connectivity index (χ4n) is 4.70. The van der Waals surface area contributed by atoms with Crippen molar-refractivity contribution in [1.29, 1.82) is 0 Å². The first-order chi connectivity index (χ1) is 14.4. The third-order valence-electron chi connectivity index (χ3n) is 6.15. The van der Waals surface area contributed by atoms with Gasteiger partial charge in [-0.25, -0.2) is 8.42 Å². The molecule has 30 heavy (non-hydrogen) atoms. The Hall–Kier alpha value is -1.70. The summed E-state index contributed by atoms with van der Waals surface area (Å²) in [5.41, 5.74) is 2.00. The summed E-state index contributed by atoms with van der Waals surface area (Å²) in [5, 5.41) is 0. The van der Waals surface area contributed by atoms with Gasteiger partial charge in [0.05, 0.1) is 11.4 Å². The Kier molecular flexibility index (Phi) is 6.32. The summed E-state index contributed by atoms with van der Waals surface area (Å²) in [5.74, 6) is -0.159. The number of halogens is 1. The molecule has 160 valence electrons. The van der Waals surface area contributed by atoms with Gasteiger partial charge in [0.1, 0.15) is 0 Å². The molecule has 0 saturated heterocycles. The molecule has 1 aliphatic carbocycles. The first-order valence-corrected chi connectivity index (χ1v) is 12.8. The van der Waals surface area contributed by atoms with Gasteiger partial charge in [0.2, 0.25) is 15.9 Å². The van der Waals surface area contributed by atoms with Crippen LogP contribution in [0.2, 0.25) is 0 Å². The number of carbonyl (C=O) groups is 1. The predicted octanol–water partition coefficient (Wildman–Crippen LogP) is 4.75. The van der Waals surface area contributed by atoms with E-state index in [-0.39, 0.29) is 29.4 Å². The van der Waals surface area contributed by atoms with Crippen molar-refractivity contribution < 1.29 is 13.2 Å². The lowest BCUT2D eigenvalue weighted by molar-refractivity contribution is -0.119. The lowest BCUT2D eigenvalue weighted by atomic mass is 9.95. The molecule has 0 aromatic heterocycles. The van der Waals surface area contributed by atoms with Gasteiger partial charge in [-0.2, -0.15) is 4.31 Å². The molecule has 0 radical (unpaired) electrons. The third-order valence-corrected chi connectivity index (χ3v) is 8.55. The number of anilines is 1. The van der Waals surface area contributed by atoms with Crippen LogP contribution in [0, 0.1) is 0 Å². The van der Waals surface area contributed by atoms with Gasteiger partial charge >= 0.3 is 0 Å². The number of fused-ring (bicyclic) bond motifs is 1. The van der Waals surface area contributed by atoms with E-state index in [9.17, 15) is 13.2 Å². The van der Waals surface area contributed by atoms with Gasteiger partial charge in [0.25, 0.3) is 0 Å². The zero-order valence-electron chi connectivity index (χ0n) is 17.1. The highest BCUT2D eigenvalue weighted by atomic mass is 79.9. The molecule has 1 saturated carbocycles. The van der Waals surface area contributed by atoms with Crippen molar-refractivity contribution in [2.45, 2.75) is 62.4 Å². The van der Waals surface area contributed by atoms with Gasteiger partial charge in [-0.1, -0.05) is 53.4 Å². The van der Waals surface area contributed by atoms with E-state index in [0.717, 1.165) is 54.2 Å². The van der Waals surface area contributed by atoms with Crippen LogP contribution in [0.4, 0.5) is 5.69 Å². The van der Waals surface area contributed by atoms with Crippen LogP contribution in [-0.2, 0) is 21.2 Å². The smallest absolute Gasteiger partial charge is 0.243 e. The van der Waals surface area contributed by atoms with E-state index >= 15 is 0 Å². The first-order valence-electron chi connectivity index (χ1n) is 10.6. The molecule has 2 aromatic rings. The highest BCUT2D eigenvalue weighted by Crippen LogP contribution is 2.35. The van der Waals surface area contributed by atoms with Gasteiger partial charge < -0.3 is 4.90 Å². The molecule has 1 unspecified atom stereocenters. The summed E-state index contributed by atoms with van der Waals surface area (Å²) in [4.78, 5) is 15.5. The Morgan fingerprint density at radius 1 is 1.10 bits per heavy atom. The molecule has 7 heteroatoms. The van der Waals surface area contributed by atoms with Crippen LogP contribution in [-0.4, -0.2) is 37.3 Å². The number of carbonyl (C=O) groups excluding carboxylic acids is 1. The molecule has 0 bridgehead atoms. The quantitative estimate of drug-likeness (QED) is 0.607. The van der Waals surface area contributed by atoms with Gasteiger partial charge in [-0.15, -0.1) is 0 Å². The summed E-state index contributed by atoms with van der Waals surface area (Å²) in [6, 6.07) is 14.3. The van der Waals surface area contributed by atoms with Crippen LogP contribution in [0.1, 0.15) is 44.6 Å². The number of sulfonamides is 1. The number of nitrogens with zero attached hydrogens (tertiary/aromatic N) is 2. The van der Waals surface area contributed by atoms with Crippen molar-refractivity contribution in [3.05, 3.63) is 58.6 Å². The summed E-state index contributed by atoms with van der Waals surface area (Å²) < 4.78 is 29.5. The minimum Gasteiger partial charge on any atom is -0.308 e. The third kappa shape index (κ3) is 4.20. The van der Waals surface area contributed by atoms with Crippen LogP contribution in [0.25, 0.3) is 0 Å². The lowest BCUT2D eigenvalue weighted by Gasteiger charge is -2.34.